The number of carbonyl (C=O) groups excluding carboxylic acids is 1. The highest BCUT2D eigenvalue weighted by Crippen LogP contribution is 2.28. The summed E-state index contributed by atoms with van der Waals surface area (Å²) in [6.45, 7) is 3.09. The van der Waals surface area contributed by atoms with Gasteiger partial charge in [-0.15, -0.1) is 0 Å². The zero-order valence-electron chi connectivity index (χ0n) is 17.1. The lowest BCUT2D eigenvalue weighted by Gasteiger charge is -2.09. The van der Waals surface area contributed by atoms with E-state index in [4.69, 9.17) is 9.72 Å². The molecule has 1 N–H and O–H groups in total. The molecule has 0 radical (unpaired) electrons. The van der Waals surface area contributed by atoms with Gasteiger partial charge in [0, 0.05) is 25.0 Å². The van der Waals surface area contributed by atoms with E-state index in [9.17, 15) is 4.79 Å². The van der Waals surface area contributed by atoms with E-state index >= 15 is 0 Å². The molecule has 7 heteroatoms. The monoisotopic (exact) mass is 439 g/mol. The minimum atomic E-state index is -0.0363. The Morgan fingerprint density at radius 2 is 1.80 bits per heavy atom. The number of nitrogens with one attached hydrogen (secondary N) is 1. The number of benzene rings is 2. The van der Waals surface area contributed by atoms with Crippen LogP contribution in [0.1, 0.15) is 11.1 Å². The normalized spacial score (nSPS) is 10.7. The van der Waals surface area contributed by atoms with E-state index in [1.165, 1.54) is 22.9 Å². The highest BCUT2D eigenvalue weighted by Gasteiger charge is 2.10. The zero-order chi connectivity index (χ0) is 21.2. The Morgan fingerprint density at radius 3 is 2.53 bits per heavy atom. The molecule has 1 aromatic heterocycles. The van der Waals surface area contributed by atoms with Crippen molar-refractivity contribution in [3.05, 3.63) is 71.8 Å². The van der Waals surface area contributed by atoms with Crippen LogP contribution in [0.3, 0.4) is 0 Å². The smallest absolute Gasteiger partial charge is 0.230 e. The Morgan fingerprint density at radius 1 is 1.03 bits per heavy atom. The first-order valence-electron chi connectivity index (χ1n) is 9.65. The van der Waals surface area contributed by atoms with E-state index in [-0.39, 0.29) is 5.91 Å². The molecule has 0 aliphatic heterocycles. The third-order valence-corrected chi connectivity index (χ3v) is 6.05. The average Bonchev–Trinajstić information content (AvgIpc) is 2.78. The van der Waals surface area contributed by atoms with E-state index in [0.717, 1.165) is 22.0 Å². The van der Waals surface area contributed by atoms with Crippen molar-refractivity contribution in [2.75, 3.05) is 26.0 Å². The fourth-order valence-electron chi connectivity index (χ4n) is 2.61. The third-order valence-electron chi connectivity index (χ3n) is 4.22. The summed E-state index contributed by atoms with van der Waals surface area (Å²) in [5, 5.41) is 4.33. The fraction of sp³-hybridized carbons (Fsp3) is 0.261. The number of ether oxygens (including phenoxy) is 1. The van der Waals surface area contributed by atoms with Gasteiger partial charge < -0.3 is 10.1 Å². The molecule has 0 aliphatic carbocycles. The molecule has 1 amide bonds. The first-order chi connectivity index (χ1) is 14.6. The highest BCUT2D eigenvalue weighted by atomic mass is 32.2. The number of carbonyl (C=O) groups is 1. The van der Waals surface area contributed by atoms with Crippen LogP contribution in [0.2, 0.25) is 0 Å². The molecule has 0 spiro atoms. The van der Waals surface area contributed by atoms with Crippen molar-refractivity contribution in [3.8, 4) is 11.3 Å². The average molecular weight is 440 g/mol. The highest BCUT2D eigenvalue weighted by molar-refractivity contribution is 8.00. The Bertz CT molecular complexity index is 950. The zero-order valence-corrected chi connectivity index (χ0v) is 18.8. The SMILES string of the molecule is COCCNC(=O)CSc1cc(-c2ccccc2)nc(SCc2ccc(C)cc2)n1. The molecule has 30 heavy (non-hydrogen) atoms. The second-order valence-electron chi connectivity index (χ2n) is 6.65. The Balaban J connectivity index is 1.73. The van der Waals surface area contributed by atoms with Gasteiger partial charge in [-0.25, -0.2) is 9.97 Å². The first-order valence-corrected chi connectivity index (χ1v) is 11.6. The maximum atomic E-state index is 12.0. The third kappa shape index (κ3) is 7.16. The second-order valence-corrected chi connectivity index (χ2v) is 8.58. The molecule has 1 heterocycles. The molecular formula is C23H25N3O2S2. The molecule has 0 aliphatic rings. The van der Waals surface area contributed by atoms with Crippen molar-refractivity contribution in [3.63, 3.8) is 0 Å². The van der Waals surface area contributed by atoms with Crippen molar-refractivity contribution >= 4 is 29.4 Å². The van der Waals surface area contributed by atoms with Crippen LogP contribution in [-0.2, 0) is 15.3 Å². The lowest BCUT2D eigenvalue weighted by molar-refractivity contribution is -0.118. The van der Waals surface area contributed by atoms with Crippen molar-refractivity contribution in [1.29, 1.82) is 0 Å². The van der Waals surface area contributed by atoms with Gasteiger partial charge in [0.1, 0.15) is 5.03 Å². The molecule has 5 nitrogen and oxygen atoms in total. The molecule has 0 saturated heterocycles. The molecule has 3 rings (SSSR count). The number of amides is 1. The van der Waals surface area contributed by atoms with Crippen LogP contribution in [0.5, 0.6) is 0 Å². The van der Waals surface area contributed by atoms with Gasteiger partial charge in [-0.2, -0.15) is 0 Å². The van der Waals surface area contributed by atoms with Crippen molar-refractivity contribution < 1.29 is 9.53 Å². The first kappa shape index (κ1) is 22.3. The summed E-state index contributed by atoms with van der Waals surface area (Å²) in [6, 6.07) is 20.5. The van der Waals surface area contributed by atoms with Crippen LogP contribution in [0, 0.1) is 6.92 Å². The standard InChI is InChI=1S/C23H25N3O2S2/c1-17-8-10-18(11-9-17)15-30-23-25-20(19-6-4-3-5-7-19)14-22(26-23)29-16-21(27)24-12-13-28-2/h3-11,14H,12-13,15-16H2,1-2H3,(H,24,27). The minimum absolute atomic E-state index is 0.0363. The van der Waals surface area contributed by atoms with Crippen LogP contribution in [0.4, 0.5) is 0 Å². The topological polar surface area (TPSA) is 64.1 Å². The van der Waals surface area contributed by atoms with Gasteiger partial charge in [-0.1, -0.05) is 83.7 Å². The minimum Gasteiger partial charge on any atom is -0.383 e. The lowest BCUT2D eigenvalue weighted by Crippen LogP contribution is -2.28. The van der Waals surface area contributed by atoms with E-state index in [1.807, 2.05) is 36.4 Å². The molecule has 0 bridgehead atoms. The van der Waals surface area contributed by atoms with Gasteiger partial charge in [0.25, 0.3) is 0 Å². The van der Waals surface area contributed by atoms with Crippen LogP contribution in [0.15, 0.2) is 70.8 Å². The number of methoxy groups -OCH3 is 1. The molecule has 0 atom stereocenters. The summed E-state index contributed by atoms with van der Waals surface area (Å²) < 4.78 is 4.96. The Hall–Kier alpha value is -2.35. The molecule has 0 unspecified atom stereocenters. The number of hydrogen-bond donors (Lipinski definition) is 1. The summed E-state index contributed by atoms with van der Waals surface area (Å²) in [6.07, 6.45) is 0. The number of hydrogen-bond acceptors (Lipinski definition) is 6. The van der Waals surface area contributed by atoms with Gasteiger partial charge >= 0.3 is 0 Å². The Labute approximate surface area is 186 Å². The van der Waals surface area contributed by atoms with Gasteiger partial charge in [-0.3, -0.25) is 4.79 Å². The summed E-state index contributed by atoms with van der Waals surface area (Å²) in [7, 11) is 1.61. The predicted octanol–water partition coefficient (Wildman–Crippen LogP) is 4.60. The van der Waals surface area contributed by atoms with E-state index < -0.39 is 0 Å². The van der Waals surface area contributed by atoms with Crippen molar-refractivity contribution in [2.45, 2.75) is 22.9 Å². The molecule has 3 aromatic rings. The summed E-state index contributed by atoms with van der Waals surface area (Å²) in [5.41, 5.74) is 4.36. The fourth-order valence-corrected chi connectivity index (χ4v) is 4.21. The molecule has 0 fully saturated rings. The molecular weight excluding hydrogens is 414 g/mol. The number of aromatic nitrogens is 2. The van der Waals surface area contributed by atoms with Crippen molar-refractivity contribution in [2.24, 2.45) is 0 Å². The van der Waals surface area contributed by atoms with Crippen LogP contribution in [0.25, 0.3) is 11.3 Å². The van der Waals surface area contributed by atoms with Crippen molar-refractivity contribution in [1.82, 2.24) is 15.3 Å². The largest absolute Gasteiger partial charge is 0.383 e. The van der Waals surface area contributed by atoms with Gasteiger partial charge in [0.2, 0.25) is 5.91 Å². The molecule has 0 saturated carbocycles. The maximum Gasteiger partial charge on any atom is 0.230 e. The predicted molar refractivity (Wildman–Crippen MR) is 124 cm³/mol. The summed E-state index contributed by atoms with van der Waals surface area (Å²) >= 11 is 3.02. The van der Waals surface area contributed by atoms with Crippen LogP contribution >= 0.6 is 23.5 Å². The lowest BCUT2D eigenvalue weighted by atomic mass is 10.1. The van der Waals surface area contributed by atoms with Gasteiger partial charge in [0.05, 0.1) is 18.1 Å². The molecule has 2 aromatic carbocycles. The number of nitrogens with zero attached hydrogens (tertiary/aromatic N) is 2. The summed E-state index contributed by atoms with van der Waals surface area (Å²) in [4.78, 5) is 21.4. The van der Waals surface area contributed by atoms with Crippen LogP contribution in [-0.4, -0.2) is 41.9 Å². The van der Waals surface area contributed by atoms with E-state index in [1.54, 1.807) is 18.9 Å². The van der Waals surface area contributed by atoms with Crippen LogP contribution < -0.4 is 5.32 Å². The molecule has 156 valence electrons. The Kier molecular flexibility index (Phi) is 8.74. The van der Waals surface area contributed by atoms with Gasteiger partial charge in [0.15, 0.2) is 5.16 Å². The number of rotatable bonds is 10. The maximum absolute atomic E-state index is 12.0. The number of aryl methyl sites for hydroxylation is 1. The summed E-state index contributed by atoms with van der Waals surface area (Å²) in [5.74, 6) is 1.06. The number of thioether (sulfide) groups is 2. The second kappa shape index (κ2) is 11.7. The van der Waals surface area contributed by atoms with E-state index in [0.29, 0.717) is 24.1 Å². The van der Waals surface area contributed by atoms with E-state index in [2.05, 4.69) is 41.5 Å². The quantitative estimate of drug-likeness (QED) is 0.216. The van der Waals surface area contributed by atoms with Gasteiger partial charge in [-0.05, 0) is 18.6 Å².